The van der Waals surface area contributed by atoms with Gasteiger partial charge in [0.05, 0.1) is 5.69 Å². The summed E-state index contributed by atoms with van der Waals surface area (Å²) in [6, 6.07) is 4.21. The van der Waals surface area contributed by atoms with Crippen molar-refractivity contribution in [2.45, 2.75) is 51.5 Å². The molecule has 0 atom stereocenters. The lowest BCUT2D eigenvalue weighted by Crippen LogP contribution is -2.40. The predicted molar refractivity (Wildman–Crippen MR) is 95.1 cm³/mol. The Labute approximate surface area is 143 Å². The first-order valence-electron chi connectivity index (χ1n) is 8.83. The minimum atomic E-state index is -0.399. The molecule has 0 heterocycles. The number of benzene rings is 1. The fourth-order valence-corrected chi connectivity index (χ4v) is 2.80. The summed E-state index contributed by atoms with van der Waals surface area (Å²) in [6.45, 7) is 3.94. The van der Waals surface area contributed by atoms with Crippen LogP contribution in [0.1, 0.15) is 45.4 Å². The smallest absolute Gasteiger partial charge is 0.196 e. The third-order valence-corrected chi connectivity index (χ3v) is 4.08. The van der Waals surface area contributed by atoms with Crippen LogP contribution in [0, 0.1) is 5.82 Å². The normalized spacial score (nSPS) is 16.2. The minimum absolute atomic E-state index is 0.00357. The monoisotopic (exact) mass is 337 g/mol. The number of phenols is 1. The van der Waals surface area contributed by atoms with Crippen LogP contribution in [0.5, 0.6) is 5.75 Å². The van der Waals surface area contributed by atoms with Crippen LogP contribution in [-0.2, 0) is 4.74 Å². The van der Waals surface area contributed by atoms with Crippen LogP contribution in [-0.4, -0.2) is 36.9 Å². The first-order valence-corrected chi connectivity index (χ1v) is 8.83. The van der Waals surface area contributed by atoms with E-state index in [4.69, 9.17) is 4.74 Å². The summed E-state index contributed by atoms with van der Waals surface area (Å²) in [4.78, 5) is 4.54. The number of nitrogens with one attached hydrogen (secondary N) is 2. The highest BCUT2D eigenvalue weighted by Gasteiger charge is 2.15. The van der Waals surface area contributed by atoms with Crippen LogP contribution < -0.4 is 10.6 Å². The first kappa shape index (κ1) is 18.5. The van der Waals surface area contributed by atoms with Crippen molar-refractivity contribution in [3.63, 3.8) is 0 Å². The molecule has 1 aromatic rings. The van der Waals surface area contributed by atoms with Gasteiger partial charge in [0.15, 0.2) is 5.96 Å². The number of guanidine groups is 1. The van der Waals surface area contributed by atoms with E-state index in [9.17, 15) is 9.50 Å². The Kier molecular flexibility index (Phi) is 7.82. The molecule has 0 amide bonds. The summed E-state index contributed by atoms with van der Waals surface area (Å²) in [7, 11) is 0. The maximum absolute atomic E-state index is 13.4. The lowest BCUT2D eigenvalue weighted by Gasteiger charge is -2.25. The molecule has 5 nitrogen and oxygen atoms in total. The molecule has 3 N–H and O–H groups in total. The summed E-state index contributed by atoms with van der Waals surface area (Å²) in [5.74, 6) is 0.187. The van der Waals surface area contributed by atoms with Crippen molar-refractivity contribution >= 4 is 11.6 Å². The van der Waals surface area contributed by atoms with Crippen molar-refractivity contribution < 1.29 is 14.2 Å². The molecule has 0 bridgehead atoms. The molecule has 2 rings (SSSR count). The van der Waals surface area contributed by atoms with E-state index in [1.807, 2.05) is 6.92 Å². The van der Waals surface area contributed by atoms with Crippen molar-refractivity contribution in [2.75, 3.05) is 25.1 Å². The molecule has 24 heavy (non-hydrogen) atoms. The van der Waals surface area contributed by atoms with E-state index in [2.05, 4.69) is 15.6 Å². The van der Waals surface area contributed by atoms with Crippen molar-refractivity contribution in [3.05, 3.63) is 24.0 Å². The number of aliphatic imine (C=N–C) groups is 1. The molecule has 1 aromatic carbocycles. The van der Waals surface area contributed by atoms with Crippen LogP contribution in [0.25, 0.3) is 0 Å². The summed E-state index contributed by atoms with van der Waals surface area (Å²) < 4.78 is 18.7. The molecular formula is C18H28FN3O2. The highest BCUT2D eigenvalue weighted by molar-refractivity contribution is 5.95. The Morgan fingerprint density at radius 1 is 1.33 bits per heavy atom. The number of hydrogen-bond donors (Lipinski definition) is 3. The number of anilines is 1. The van der Waals surface area contributed by atoms with E-state index in [-0.39, 0.29) is 5.75 Å². The van der Waals surface area contributed by atoms with Crippen LogP contribution in [0.2, 0.25) is 0 Å². The molecule has 134 valence electrons. The van der Waals surface area contributed by atoms with Gasteiger partial charge in [-0.1, -0.05) is 19.3 Å². The highest BCUT2D eigenvalue weighted by atomic mass is 19.1. The Morgan fingerprint density at radius 3 is 2.88 bits per heavy atom. The fourth-order valence-electron chi connectivity index (χ4n) is 2.80. The van der Waals surface area contributed by atoms with Crippen LogP contribution in [0.3, 0.4) is 0 Å². The molecule has 0 unspecified atom stereocenters. The number of ether oxygens (including phenoxy) is 1. The van der Waals surface area contributed by atoms with E-state index in [0.29, 0.717) is 37.4 Å². The van der Waals surface area contributed by atoms with Crippen molar-refractivity contribution in [1.82, 2.24) is 5.32 Å². The van der Waals surface area contributed by atoms with Gasteiger partial charge in [0, 0.05) is 31.9 Å². The van der Waals surface area contributed by atoms with Crippen LogP contribution in [0.15, 0.2) is 23.2 Å². The average molecular weight is 337 g/mol. The van der Waals surface area contributed by atoms with E-state index < -0.39 is 5.82 Å². The molecule has 1 saturated carbocycles. The number of hydrogen-bond acceptors (Lipinski definition) is 3. The third kappa shape index (κ3) is 6.35. The van der Waals surface area contributed by atoms with Gasteiger partial charge >= 0.3 is 0 Å². The first-order chi connectivity index (χ1) is 11.7. The van der Waals surface area contributed by atoms with Crippen molar-refractivity contribution in [3.8, 4) is 5.75 Å². The van der Waals surface area contributed by atoms with Gasteiger partial charge in [-0.2, -0.15) is 0 Å². The predicted octanol–water partition coefficient (Wildman–Crippen LogP) is 3.65. The van der Waals surface area contributed by atoms with E-state index in [1.54, 1.807) is 0 Å². The lowest BCUT2D eigenvalue weighted by molar-refractivity contribution is 0.146. The number of halogens is 1. The van der Waals surface area contributed by atoms with Crippen molar-refractivity contribution in [1.29, 1.82) is 0 Å². The summed E-state index contributed by atoms with van der Waals surface area (Å²) >= 11 is 0. The fraction of sp³-hybridized carbons (Fsp3) is 0.611. The van der Waals surface area contributed by atoms with E-state index in [1.165, 1.54) is 37.5 Å². The molecule has 0 aromatic heterocycles. The Morgan fingerprint density at radius 2 is 2.12 bits per heavy atom. The molecular weight excluding hydrogens is 309 g/mol. The van der Waals surface area contributed by atoms with Gasteiger partial charge in [0.25, 0.3) is 0 Å². The average Bonchev–Trinajstić information content (AvgIpc) is 2.59. The van der Waals surface area contributed by atoms with E-state index in [0.717, 1.165) is 19.3 Å². The van der Waals surface area contributed by atoms with Gasteiger partial charge in [-0.05, 0) is 38.3 Å². The van der Waals surface area contributed by atoms with Crippen LogP contribution >= 0.6 is 0 Å². The van der Waals surface area contributed by atoms with Crippen molar-refractivity contribution in [2.24, 2.45) is 4.99 Å². The molecule has 0 saturated heterocycles. The molecule has 1 fully saturated rings. The second-order valence-electron chi connectivity index (χ2n) is 6.05. The Balaban J connectivity index is 2.00. The molecule has 6 heteroatoms. The Hall–Kier alpha value is -1.82. The lowest BCUT2D eigenvalue weighted by atomic mass is 9.96. The summed E-state index contributed by atoms with van der Waals surface area (Å²) in [5.41, 5.74) is 0.321. The minimum Gasteiger partial charge on any atom is -0.506 e. The van der Waals surface area contributed by atoms with Gasteiger partial charge in [-0.25, -0.2) is 4.39 Å². The van der Waals surface area contributed by atoms with Crippen LogP contribution in [0.4, 0.5) is 10.1 Å². The zero-order chi connectivity index (χ0) is 17.2. The SMILES string of the molecule is CCOCCCN=C(Nc1cc(F)ccc1O)NC1CCCCC1. The molecule has 1 aliphatic carbocycles. The largest absolute Gasteiger partial charge is 0.506 e. The maximum atomic E-state index is 13.4. The summed E-state index contributed by atoms with van der Waals surface area (Å²) in [6.07, 6.45) is 6.72. The second kappa shape index (κ2) is 10.1. The van der Waals surface area contributed by atoms with Gasteiger partial charge in [0.1, 0.15) is 11.6 Å². The molecule has 0 radical (unpaired) electrons. The molecule has 0 spiro atoms. The van der Waals surface area contributed by atoms with Gasteiger partial charge in [0.2, 0.25) is 0 Å². The maximum Gasteiger partial charge on any atom is 0.196 e. The number of phenolic OH excluding ortho intramolecular Hbond substituents is 1. The second-order valence-corrected chi connectivity index (χ2v) is 6.05. The van der Waals surface area contributed by atoms with Gasteiger partial charge in [-0.15, -0.1) is 0 Å². The van der Waals surface area contributed by atoms with E-state index >= 15 is 0 Å². The number of rotatable bonds is 7. The molecule has 0 aliphatic heterocycles. The topological polar surface area (TPSA) is 65.9 Å². The standard InChI is InChI=1S/C18H28FN3O2/c1-2-24-12-6-11-20-18(21-15-7-4-3-5-8-15)22-16-13-14(19)9-10-17(16)23/h9-10,13,15,23H,2-8,11-12H2,1H3,(H2,20,21,22). The zero-order valence-electron chi connectivity index (χ0n) is 14.4. The number of aromatic hydroxyl groups is 1. The third-order valence-electron chi connectivity index (χ3n) is 4.08. The zero-order valence-corrected chi connectivity index (χ0v) is 14.4. The molecule has 1 aliphatic rings. The van der Waals surface area contributed by atoms with Gasteiger partial charge in [-0.3, -0.25) is 4.99 Å². The van der Waals surface area contributed by atoms with Gasteiger partial charge < -0.3 is 20.5 Å². The summed E-state index contributed by atoms with van der Waals surface area (Å²) in [5, 5.41) is 16.3. The Bertz CT molecular complexity index is 531. The highest BCUT2D eigenvalue weighted by Crippen LogP contribution is 2.24. The quantitative estimate of drug-likeness (QED) is 0.307. The number of nitrogens with zero attached hydrogens (tertiary/aromatic N) is 1.